The molecule has 6 N–H and O–H groups in total. The van der Waals surface area contributed by atoms with Crippen molar-refractivity contribution in [2.45, 2.75) is 37.5 Å². The summed E-state index contributed by atoms with van der Waals surface area (Å²) in [6.07, 6.45) is -4.44. The number of aromatic nitrogens is 2. The third-order valence-corrected chi connectivity index (χ3v) is 5.33. The van der Waals surface area contributed by atoms with E-state index in [9.17, 15) is 20.1 Å². The maximum atomic E-state index is 12.7. The molecule has 28 heavy (non-hydrogen) atoms. The van der Waals surface area contributed by atoms with Crippen LogP contribution in [0.1, 0.15) is 18.5 Å². The summed E-state index contributed by atoms with van der Waals surface area (Å²) in [5.74, 6) is 0.202. The largest absolute Gasteiger partial charge is 0.394 e. The first kappa shape index (κ1) is 18.7. The van der Waals surface area contributed by atoms with Gasteiger partial charge in [0.1, 0.15) is 24.0 Å². The van der Waals surface area contributed by atoms with Gasteiger partial charge in [-0.25, -0.2) is 0 Å². The quantitative estimate of drug-likeness (QED) is 0.450. The Morgan fingerprint density at radius 1 is 1.32 bits per heavy atom. The summed E-state index contributed by atoms with van der Waals surface area (Å²) in [6, 6.07) is 9.48. The van der Waals surface area contributed by atoms with Gasteiger partial charge in [0, 0.05) is 0 Å². The SMILES string of the molecule is CC(c1ccccc1)N1CN([C@@H]2O[C@H](CO)[C@@H](O)[C@H]2O)c2nc(N)[nH]c(=O)c21. The van der Waals surface area contributed by atoms with E-state index in [1.807, 2.05) is 42.2 Å². The lowest BCUT2D eigenvalue weighted by molar-refractivity contribution is -0.0222. The average molecular weight is 389 g/mol. The van der Waals surface area contributed by atoms with Crippen LogP contribution < -0.4 is 21.1 Å². The van der Waals surface area contributed by atoms with Gasteiger partial charge in [-0.1, -0.05) is 30.3 Å². The first-order valence-electron chi connectivity index (χ1n) is 9.03. The van der Waals surface area contributed by atoms with E-state index in [4.69, 9.17) is 10.5 Å². The second-order valence-electron chi connectivity index (χ2n) is 7.02. The Morgan fingerprint density at radius 3 is 2.68 bits per heavy atom. The van der Waals surface area contributed by atoms with Gasteiger partial charge >= 0.3 is 0 Å². The number of hydrogen-bond donors (Lipinski definition) is 5. The van der Waals surface area contributed by atoms with Gasteiger partial charge < -0.3 is 35.6 Å². The fourth-order valence-corrected chi connectivity index (χ4v) is 3.80. The minimum atomic E-state index is -1.28. The molecule has 2 aromatic rings. The number of aromatic amines is 1. The van der Waals surface area contributed by atoms with E-state index >= 15 is 0 Å². The molecule has 0 spiro atoms. The summed E-state index contributed by atoms with van der Waals surface area (Å²) in [5, 5.41) is 29.9. The fourth-order valence-electron chi connectivity index (χ4n) is 3.80. The Hall–Kier alpha value is -2.66. The van der Waals surface area contributed by atoms with Gasteiger partial charge in [0.05, 0.1) is 19.3 Å². The smallest absolute Gasteiger partial charge is 0.278 e. The molecule has 0 radical (unpaired) electrons. The molecule has 1 aromatic carbocycles. The molecule has 0 saturated carbocycles. The average Bonchev–Trinajstić information content (AvgIpc) is 3.20. The van der Waals surface area contributed by atoms with Crippen molar-refractivity contribution in [3.8, 4) is 0 Å². The van der Waals surface area contributed by atoms with Crippen LogP contribution in [0.3, 0.4) is 0 Å². The van der Waals surface area contributed by atoms with E-state index in [-0.39, 0.29) is 24.5 Å². The number of nitrogens with zero attached hydrogens (tertiary/aromatic N) is 3. The summed E-state index contributed by atoms with van der Waals surface area (Å²) in [5.41, 5.74) is 6.63. The molecule has 0 amide bonds. The number of benzene rings is 1. The zero-order valence-electron chi connectivity index (χ0n) is 15.3. The van der Waals surface area contributed by atoms with E-state index in [1.165, 1.54) is 0 Å². The summed E-state index contributed by atoms with van der Waals surface area (Å²) in [4.78, 5) is 22.8. The van der Waals surface area contributed by atoms with Crippen molar-refractivity contribution in [2.24, 2.45) is 0 Å². The molecule has 3 heterocycles. The number of ether oxygens (including phenoxy) is 1. The van der Waals surface area contributed by atoms with Crippen molar-refractivity contribution in [3.63, 3.8) is 0 Å². The van der Waals surface area contributed by atoms with E-state index in [2.05, 4.69) is 9.97 Å². The minimum absolute atomic E-state index is 0.0605. The van der Waals surface area contributed by atoms with Crippen LogP contribution >= 0.6 is 0 Å². The summed E-state index contributed by atoms with van der Waals surface area (Å²) in [6.45, 7) is 1.71. The van der Waals surface area contributed by atoms with E-state index in [0.717, 1.165) is 5.56 Å². The molecule has 10 heteroatoms. The Labute approximate surface area is 160 Å². The van der Waals surface area contributed by atoms with E-state index in [0.29, 0.717) is 5.69 Å². The number of anilines is 3. The molecule has 2 aliphatic rings. The van der Waals surface area contributed by atoms with Gasteiger partial charge in [0.15, 0.2) is 12.0 Å². The van der Waals surface area contributed by atoms with Crippen molar-refractivity contribution >= 4 is 17.5 Å². The number of nitrogens with one attached hydrogen (secondary N) is 1. The molecule has 1 saturated heterocycles. The van der Waals surface area contributed by atoms with Gasteiger partial charge in [-0.2, -0.15) is 4.98 Å². The number of nitrogen functional groups attached to an aromatic ring is 1. The van der Waals surface area contributed by atoms with Crippen LogP contribution in [0.2, 0.25) is 0 Å². The lowest BCUT2D eigenvalue weighted by Crippen LogP contribution is -2.46. The van der Waals surface area contributed by atoms with Gasteiger partial charge in [-0.15, -0.1) is 0 Å². The van der Waals surface area contributed by atoms with Gasteiger partial charge in [0.2, 0.25) is 5.95 Å². The van der Waals surface area contributed by atoms with Crippen LogP contribution in [-0.4, -0.2) is 63.1 Å². The Bertz CT molecular complexity index is 907. The number of hydrogen-bond acceptors (Lipinski definition) is 9. The van der Waals surface area contributed by atoms with E-state index in [1.54, 1.807) is 4.90 Å². The van der Waals surface area contributed by atoms with Gasteiger partial charge in [-0.3, -0.25) is 9.78 Å². The second-order valence-corrected chi connectivity index (χ2v) is 7.02. The first-order chi connectivity index (χ1) is 13.4. The molecule has 0 aliphatic carbocycles. The van der Waals surface area contributed by atoms with Crippen molar-refractivity contribution in [3.05, 3.63) is 46.2 Å². The third-order valence-electron chi connectivity index (χ3n) is 5.33. The zero-order valence-corrected chi connectivity index (χ0v) is 15.3. The van der Waals surface area contributed by atoms with Crippen molar-refractivity contribution in [1.82, 2.24) is 9.97 Å². The molecule has 5 atom stereocenters. The predicted octanol–water partition coefficient (Wildman–Crippen LogP) is -0.864. The summed E-state index contributed by atoms with van der Waals surface area (Å²) in [7, 11) is 0. The van der Waals surface area contributed by atoms with Crippen LogP contribution in [0.4, 0.5) is 17.5 Å². The highest BCUT2D eigenvalue weighted by molar-refractivity contribution is 5.73. The van der Waals surface area contributed by atoms with Crippen molar-refractivity contribution in [1.29, 1.82) is 0 Å². The predicted molar refractivity (Wildman–Crippen MR) is 102 cm³/mol. The molecule has 1 fully saturated rings. The third kappa shape index (κ3) is 2.90. The lowest BCUT2D eigenvalue weighted by Gasteiger charge is -2.30. The minimum Gasteiger partial charge on any atom is -0.394 e. The van der Waals surface area contributed by atoms with Crippen LogP contribution in [-0.2, 0) is 4.74 Å². The highest BCUT2D eigenvalue weighted by Gasteiger charge is 2.49. The highest BCUT2D eigenvalue weighted by atomic mass is 16.6. The molecule has 2 aliphatic heterocycles. The monoisotopic (exact) mass is 389 g/mol. The fraction of sp³-hybridized carbons (Fsp3) is 0.444. The summed E-state index contributed by atoms with van der Waals surface area (Å²) >= 11 is 0. The van der Waals surface area contributed by atoms with Crippen molar-refractivity contribution in [2.75, 3.05) is 28.8 Å². The molecule has 150 valence electrons. The Kier molecular flexibility index (Phi) is 4.71. The van der Waals surface area contributed by atoms with Crippen LogP contribution in [0.5, 0.6) is 0 Å². The maximum Gasteiger partial charge on any atom is 0.278 e. The molecule has 0 bridgehead atoms. The lowest BCUT2D eigenvalue weighted by atomic mass is 10.1. The number of rotatable bonds is 4. The van der Waals surface area contributed by atoms with Gasteiger partial charge in [-0.05, 0) is 12.5 Å². The van der Waals surface area contributed by atoms with Crippen LogP contribution in [0, 0.1) is 0 Å². The molecular formula is C18H23N5O5. The highest BCUT2D eigenvalue weighted by Crippen LogP contribution is 2.40. The number of aliphatic hydroxyl groups excluding tert-OH is 3. The molecule has 10 nitrogen and oxygen atoms in total. The number of aliphatic hydroxyl groups is 3. The topological polar surface area (TPSA) is 148 Å². The van der Waals surface area contributed by atoms with Crippen LogP contribution in [0.25, 0.3) is 0 Å². The molecule has 1 aromatic heterocycles. The Morgan fingerprint density at radius 2 is 2.04 bits per heavy atom. The molecule has 4 rings (SSSR count). The molecule has 1 unspecified atom stereocenters. The Balaban J connectivity index is 1.75. The summed E-state index contributed by atoms with van der Waals surface area (Å²) < 4.78 is 5.65. The number of fused-ring (bicyclic) bond motifs is 1. The van der Waals surface area contributed by atoms with E-state index < -0.39 is 36.7 Å². The zero-order chi connectivity index (χ0) is 20.0. The maximum absolute atomic E-state index is 12.7. The molecular weight excluding hydrogens is 366 g/mol. The number of nitrogens with two attached hydrogens (primary N) is 1. The second kappa shape index (κ2) is 7.06. The standard InChI is InChI=1S/C18H23N5O5/c1-9(10-5-3-2-4-6-10)22-8-23(15-12(22)16(27)21-18(19)20-15)17-14(26)13(25)11(7-24)28-17/h2-6,9,11,13-14,17,24-26H,7-8H2,1H3,(H3,19,20,21,27)/t9?,11-,13-,14-,17-/m1/s1. The first-order valence-corrected chi connectivity index (χ1v) is 9.03. The van der Waals surface area contributed by atoms with Crippen molar-refractivity contribution < 1.29 is 20.1 Å². The number of H-pyrrole nitrogens is 1. The normalized spacial score (nSPS) is 27.9. The van der Waals surface area contributed by atoms with Crippen LogP contribution in [0.15, 0.2) is 35.1 Å². The van der Waals surface area contributed by atoms with Gasteiger partial charge in [0.25, 0.3) is 5.56 Å².